The van der Waals surface area contributed by atoms with Crippen LogP contribution in [0, 0.1) is 0 Å². The van der Waals surface area contributed by atoms with Gasteiger partial charge in [-0.05, 0) is 74.8 Å². The lowest BCUT2D eigenvalue weighted by molar-refractivity contribution is -0.136. The molecule has 0 aromatic heterocycles. The fraction of sp³-hybridized carbons (Fsp3) is 0.444. The van der Waals surface area contributed by atoms with E-state index in [2.05, 4.69) is 28.1 Å². The Morgan fingerprint density at radius 1 is 0.818 bits per heavy atom. The summed E-state index contributed by atoms with van der Waals surface area (Å²) in [5, 5.41) is 4.72. The Balaban J connectivity index is 1.34. The van der Waals surface area contributed by atoms with E-state index in [9.17, 15) is 26.3 Å². The van der Waals surface area contributed by atoms with Gasteiger partial charge in [0.2, 0.25) is 0 Å². The van der Waals surface area contributed by atoms with E-state index in [0.717, 1.165) is 65.1 Å². The van der Waals surface area contributed by atoms with E-state index >= 15 is 0 Å². The molecule has 4 aromatic rings. The van der Waals surface area contributed by atoms with E-state index in [0.29, 0.717) is 42.0 Å². The molecule has 0 radical (unpaired) electrons. The molecular weight excluding hydrogens is 642 g/mol. The average Bonchev–Trinajstić information content (AvgIpc) is 2.99. The van der Waals surface area contributed by atoms with E-state index in [1.807, 2.05) is 37.3 Å². The van der Waals surface area contributed by atoms with Gasteiger partial charge in [-0.2, -0.15) is 26.3 Å². The minimum atomic E-state index is -4.46. The maximum absolute atomic E-state index is 14.2. The Morgan fingerprint density at radius 2 is 1.52 bits per heavy atom. The standard InChI is InChI=1S/C36H37BrF6O/c1-2-24-20-26-21-30(36(41,42)43)28-14-10-12-25-15-16-29(32(26)31(25)28)33(24)34(23-37)17-11-13-27(22-34)44-19-9-7-5-3-4-6-8-18-35(38,39)40/h10-17,20-21H,2-9,18-19,22-23H2,1H3. The van der Waals surface area contributed by atoms with Crippen molar-refractivity contribution >= 4 is 48.2 Å². The monoisotopic (exact) mass is 678 g/mol. The minimum Gasteiger partial charge on any atom is -0.498 e. The van der Waals surface area contributed by atoms with Crippen molar-refractivity contribution in [2.45, 2.75) is 88.9 Å². The summed E-state index contributed by atoms with van der Waals surface area (Å²) >= 11 is 3.80. The number of halogens is 7. The van der Waals surface area contributed by atoms with Crippen LogP contribution in [0.25, 0.3) is 32.3 Å². The van der Waals surface area contributed by atoms with Crippen molar-refractivity contribution in [3.8, 4) is 0 Å². The summed E-state index contributed by atoms with van der Waals surface area (Å²) in [7, 11) is 0. The number of benzene rings is 4. The van der Waals surface area contributed by atoms with Crippen LogP contribution in [0.1, 0.15) is 81.4 Å². The van der Waals surface area contributed by atoms with Crippen molar-refractivity contribution in [2.24, 2.45) is 0 Å². The molecule has 0 heterocycles. The Labute approximate surface area is 262 Å². The third-order valence-corrected chi connectivity index (χ3v) is 9.85. The van der Waals surface area contributed by atoms with Crippen LogP contribution in [0.4, 0.5) is 26.3 Å². The molecule has 4 aromatic carbocycles. The van der Waals surface area contributed by atoms with Crippen molar-refractivity contribution in [1.29, 1.82) is 0 Å². The third-order valence-electron chi connectivity index (χ3n) is 8.85. The van der Waals surface area contributed by atoms with Gasteiger partial charge in [0.05, 0.1) is 17.9 Å². The van der Waals surface area contributed by atoms with Crippen molar-refractivity contribution in [1.82, 2.24) is 0 Å². The largest absolute Gasteiger partial charge is 0.498 e. The number of hydrogen-bond acceptors (Lipinski definition) is 1. The van der Waals surface area contributed by atoms with Gasteiger partial charge in [-0.3, -0.25) is 0 Å². The van der Waals surface area contributed by atoms with Gasteiger partial charge in [-0.1, -0.05) is 104 Å². The summed E-state index contributed by atoms with van der Waals surface area (Å²) in [5.41, 5.74) is 1.09. The molecule has 0 amide bonds. The zero-order chi connectivity index (χ0) is 31.5. The number of alkyl halides is 7. The normalized spacial score (nSPS) is 17.7. The Kier molecular flexibility index (Phi) is 9.88. The highest BCUT2D eigenvalue weighted by Crippen LogP contribution is 2.48. The molecule has 1 atom stereocenters. The van der Waals surface area contributed by atoms with Gasteiger partial charge in [-0.25, -0.2) is 0 Å². The number of allylic oxidation sites excluding steroid dienone is 4. The first kappa shape index (κ1) is 32.6. The molecule has 0 aliphatic heterocycles. The molecule has 1 unspecified atom stereocenters. The first-order chi connectivity index (χ1) is 21.0. The van der Waals surface area contributed by atoms with Crippen LogP contribution in [0.15, 0.2) is 66.5 Å². The van der Waals surface area contributed by atoms with Gasteiger partial charge < -0.3 is 4.74 Å². The van der Waals surface area contributed by atoms with E-state index < -0.39 is 29.8 Å². The smallest absolute Gasteiger partial charge is 0.417 e. The van der Waals surface area contributed by atoms with Crippen LogP contribution in [-0.2, 0) is 22.7 Å². The molecule has 1 aliphatic carbocycles. The second-order valence-electron chi connectivity index (χ2n) is 11.9. The van der Waals surface area contributed by atoms with Crippen molar-refractivity contribution in [3.63, 3.8) is 0 Å². The molecule has 0 bridgehead atoms. The number of ether oxygens (including phenoxy) is 1. The maximum atomic E-state index is 14.2. The molecule has 5 rings (SSSR count). The van der Waals surface area contributed by atoms with Crippen LogP contribution in [-0.4, -0.2) is 18.1 Å². The minimum absolute atomic E-state index is 0.198. The summed E-state index contributed by atoms with van der Waals surface area (Å²) in [6.07, 6.45) is 3.59. The highest BCUT2D eigenvalue weighted by Gasteiger charge is 2.38. The molecule has 236 valence electrons. The molecule has 0 saturated carbocycles. The Bertz CT molecular complexity index is 1650. The average molecular weight is 680 g/mol. The predicted molar refractivity (Wildman–Crippen MR) is 171 cm³/mol. The van der Waals surface area contributed by atoms with Gasteiger partial charge in [0.1, 0.15) is 0 Å². The van der Waals surface area contributed by atoms with Crippen LogP contribution in [0.5, 0.6) is 0 Å². The number of unbranched alkanes of at least 4 members (excludes halogenated alkanes) is 6. The lowest BCUT2D eigenvalue weighted by Crippen LogP contribution is -2.30. The van der Waals surface area contributed by atoms with E-state index in [1.165, 1.54) is 6.07 Å². The van der Waals surface area contributed by atoms with Crippen LogP contribution >= 0.6 is 15.9 Å². The summed E-state index contributed by atoms with van der Waals surface area (Å²) in [4.78, 5) is 0. The molecule has 0 N–H and O–H groups in total. The molecule has 1 aliphatic rings. The fourth-order valence-corrected chi connectivity index (χ4v) is 7.44. The third kappa shape index (κ3) is 6.90. The summed E-state index contributed by atoms with van der Waals surface area (Å²) in [5.74, 6) is 0.867. The lowest BCUT2D eigenvalue weighted by atomic mass is 9.71. The maximum Gasteiger partial charge on any atom is 0.417 e. The highest BCUT2D eigenvalue weighted by atomic mass is 79.9. The summed E-state index contributed by atoms with van der Waals surface area (Å²) in [6, 6.07) is 12.4. The van der Waals surface area contributed by atoms with Crippen molar-refractivity contribution in [3.05, 3.63) is 83.1 Å². The molecule has 1 nitrogen and oxygen atoms in total. The van der Waals surface area contributed by atoms with Crippen LogP contribution in [0.2, 0.25) is 0 Å². The summed E-state index contributed by atoms with van der Waals surface area (Å²) < 4.78 is 85.6. The zero-order valence-electron chi connectivity index (χ0n) is 24.8. The van der Waals surface area contributed by atoms with E-state index in [1.54, 1.807) is 12.1 Å². The van der Waals surface area contributed by atoms with Gasteiger partial charge in [-0.15, -0.1) is 0 Å². The fourth-order valence-electron chi connectivity index (χ4n) is 6.78. The zero-order valence-corrected chi connectivity index (χ0v) is 26.4. The lowest BCUT2D eigenvalue weighted by Gasteiger charge is -2.36. The molecule has 0 fully saturated rings. The topological polar surface area (TPSA) is 9.23 Å². The number of aryl methyl sites for hydroxylation is 1. The highest BCUT2D eigenvalue weighted by molar-refractivity contribution is 9.09. The number of rotatable bonds is 13. The van der Waals surface area contributed by atoms with Gasteiger partial charge >= 0.3 is 12.4 Å². The molecule has 8 heteroatoms. The Hall–Kier alpha value is -2.74. The van der Waals surface area contributed by atoms with Crippen molar-refractivity contribution < 1.29 is 31.1 Å². The quantitative estimate of drug-likeness (QED) is 0.0592. The Morgan fingerprint density at radius 3 is 2.20 bits per heavy atom. The second-order valence-corrected chi connectivity index (χ2v) is 12.5. The van der Waals surface area contributed by atoms with Gasteiger partial charge in [0, 0.05) is 23.6 Å². The van der Waals surface area contributed by atoms with E-state index in [-0.39, 0.29) is 11.8 Å². The summed E-state index contributed by atoms with van der Waals surface area (Å²) in [6.45, 7) is 2.60. The van der Waals surface area contributed by atoms with Crippen LogP contribution < -0.4 is 0 Å². The first-order valence-electron chi connectivity index (χ1n) is 15.4. The van der Waals surface area contributed by atoms with E-state index in [4.69, 9.17) is 4.74 Å². The second kappa shape index (κ2) is 13.3. The first-order valence-corrected chi connectivity index (χ1v) is 16.5. The molecular formula is C36H37BrF6O. The number of hydrogen-bond donors (Lipinski definition) is 0. The van der Waals surface area contributed by atoms with Gasteiger partial charge in [0.15, 0.2) is 0 Å². The predicted octanol–water partition coefficient (Wildman–Crippen LogP) is 12.3. The van der Waals surface area contributed by atoms with Gasteiger partial charge in [0.25, 0.3) is 0 Å². The molecule has 0 saturated heterocycles. The molecule has 44 heavy (non-hydrogen) atoms. The van der Waals surface area contributed by atoms with Crippen LogP contribution in [0.3, 0.4) is 0 Å². The molecule has 0 spiro atoms. The van der Waals surface area contributed by atoms with Crippen molar-refractivity contribution in [2.75, 3.05) is 11.9 Å². The SMILES string of the molecule is CCc1cc2cc(C(F)(F)F)c3cccc4ccc(c1C1(CBr)C=CC=C(OCCCCCCCCCC(F)(F)F)C1)c2c43.